The summed E-state index contributed by atoms with van der Waals surface area (Å²) in [7, 11) is 1.28. The van der Waals surface area contributed by atoms with E-state index < -0.39 is 5.85 Å². The predicted molar refractivity (Wildman–Crippen MR) is 71.3 cm³/mol. The van der Waals surface area contributed by atoms with Crippen LogP contribution in [0.3, 0.4) is 0 Å². The van der Waals surface area contributed by atoms with Crippen LogP contribution >= 0.6 is 15.9 Å². The second-order valence-corrected chi connectivity index (χ2v) is 4.87. The summed E-state index contributed by atoms with van der Waals surface area (Å²) in [6.45, 7) is 0. The highest BCUT2D eigenvalue weighted by molar-refractivity contribution is 9.11. The minimum Gasteiger partial charge on any atom is -0.345 e. The molecule has 1 aromatic rings. The molecule has 2 rings (SSSR count). The number of ether oxygens (including phenoxy) is 1. The monoisotopic (exact) mass is 310 g/mol. The Hall–Kier alpha value is -1.26. The highest BCUT2D eigenvalue weighted by Crippen LogP contribution is 2.38. The Balaban J connectivity index is 2.29. The van der Waals surface area contributed by atoms with Crippen LogP contribution in [0.2, 0.25) is 0 Å². The average Bonchev–Trinajstić information content (AvgIpc) is 2.42. The molecular weight excluding hydrogens is 299 g/mol. The van der Waals surface area contributed by atoms with Crippen molar-refractivity contribution in [2.45, 2.75) is 12.3 Å². The molecule has 0 spiro atoms. The maximum Gasteiger partial charge on any atom is 0.245 e. The molecule has 1 atom stereocenters. The Morgan fingerprint density at radius 3 is 2.61 bits per heavy atom. The first-order valence-corrected chi connectivity index (χ1v) is 6.27. The van der Waals surface area contributed by atoms with Crippen molar-refractivity contribution in [3.05, 3.63) is 58.1 Å². The van der Waals surface area contributed by atoms with Gasteiger partial charge in [-0.1, -0.05) is 36.4 Å². The van der Waals surface area contributed by atoms with Crippen molar-refractivity contribution in [2.75, 3.05) is 7.11 Å². The van der Waals surface area contributed by atoms with Crippen molar-refractivity contribution in [3.63, 3.8) is 0 Å². The van der Waals surface area contributed by atoms with Crippen molar-refractivity contribution in [3.8, 4) is 0 Å². The van der Waals surface area contributed by atoms with Gasteiger partial charge in [-0.3, -0.25) is 4.79 Å². The normalized spacial score (nSPS) is 23.3. The maximum atomic E-state index is 14.3. The number of hydrogen-bond acceptors (Lipinski definition) is 2. The lowest BCUT2D eigenvalue weighted by Crippen LogP contribution is -2.30. The molecule has 0 saturated carbocycles. The Kier molecular flexibility index (Phi) is 3.78. The zero-order valence-corrected chi connectivity index (χ0v) is 11.4. The van der Waals surface area contributed by atoms with Crippen LogP contribution in [0.25, 0.3) is 0 Å². The summed E-state index contributed by atoms with van der Waals surface area (Å²) in [5.41, 5.74) is 0.947. The molecule has 0 saturated heterocycles. The Labute approximate surface area is 113 Å². The van der Waals surface area contributed by atoms with Gasteiger partial charge in [0, 0.05) is 24.7 Å². The van der Waals surface area contributed by atoms with Crippen LogP contribution in [0.15, 0.2) is 52.5 Å². The first kappa shape index (κ1) is 13.2. The minimum atomic E-state index is -1.95. The molecule has 0 N–H and O–H groups in total. The second kappa shape index (κ2) is 5.16. The Morgan fingerprint density at radius 1 is 1.33 bits per heavy atom. The van der Waals surface area contributed by atoms with E-state index in [1.165, 1.54) is 13.2 Å². The number of methoxy groups -OCH3 is 1. The van der Waals surface area contributed by atoms with Gasteiger partial charge in [-0.05, 0) is 22.0 Å². The van der Waals surface area contributed by atoms with E-state index in [4.69, 9.17) is 4.74 Å². The van der Waals surface area contributed by atoms with Gasteiger partial charge in [0.2, 0.25) is 5.85 Å². The number of allylic oxidation sites excluding steroid dienone is 2. The van der Waals surface area contributed by atoms with Gasteiger partial charge in [-0.2, -0.15) is 0 Å². The van der Waals surface area contributed by atoms with Crippen molar-refractivity contribution in [1.29, 1.82) is 0 Å². The quantitative estimate of drug-likeness (QED) is 0.794. The zero-order valence-electron chi connectivity index (χ0n) is 9.82. The molecule has 0 radical (unpaired) electrons. The molecule has 0 heterocycles. The number of Topliss-reactive ketones (excluding diaryl/α,β-unsaturated/α-hetero) is 1. The summed E-state index contributed by atoms with van der Waals surface area (Å²) in [6, 6.07) is 8.81. The fourth-order valence-corrected chi connectivity index (χ4v) is 2.22. The summed E-state index contributed by atoms with van der Waals surface area (Å²) in [5, 5.41) is 0. The van der Waals surface area contributed by atoms with Crippen LogP contribution in [0.1, 0.15) is 16.8 Å². The molecule has 0 aromatic heterocycles. The van der Waals surface area contributed by atoms with Gasteiger partial charge < -0.3 is 4.74 Å². The van der Waals surface area contributed by atoms with Crippen molar-refractivity contribution < 1.29 is 13.9 Å². The van der Waals surface area contributed by atoms with E-state index in [1.807, 2.05) is 6.07 Å². The minimum absolute atomic E-state index is 0.0890. The predicted octanol–water partition coefficient (Wildman–Crippen LogP) is 3.79. The lowest BCUT2D eigenvalue weighted by Gasteiger charge is -2.26. The SMILES string of the molecule is COC1(F)CC(C(=O)c2ccccc2)=CC=C1Br. The third-order valence-corrected chi connectivity index (χ3v) is 3.71. The highest BCUT2D eigenvalue weighted by atomic mass is 79.9. The Morgan fingerprint density at radius 2 is 2.00 bits per heavy atom. The van der Waals surface area contributed by atoms with Gasteiger partial charge in [0.25, 0.3) is 0 Å². The standard InChI is InChI=1S/C14H12BrFO2/c1-18-14(16)9-11(7-8-12(14)15)13(17)10-5-3-2-4-6-10/h2-8H,9H2,1H3. The molecule has 0 fully saturated rings. The molecule has 18 heavy (non-hydrogen) atoms. The molecule has 0 amide bonds. The fraction of sp³-hybridized carbons (Fsp3) is 0.214. The van der Waals surface area contributed by atoms with Crippen LogP contribution in [-0.4, -0.2) is 18.7 Å². The second-order valence-electron chi connectivity index (χ2n) is 4.01. The fourth-order valence-electron chi connectivity index (χ4n) is 1.79. The van der Waals surface area contributed by atoms with Crippen LogP contribution in [0.4, 0.5) is 4.39 Å². The largest absolute Gasteiger partial charge is 0.345 e. The van der Waals surface area contributed by atoms with Gasteiger partial charge in [0.15, 0.2) is 5.78 Å². The molecule has 0 aliphatic heterocycles. The van der Waals surface area contributed by atoms with Gasteiger partial charge in [-0.25, -0.2) is 4.39 Å². The van der Waals surface area contributed by atoms with Gasteiger partial charge >= 0.3 is 0 Å². The van der Waals surface area contributed by atoms with E-state index in [0.29, 0.717) is 15.6 Å². The molecule has 2 nitrogen and oxygen atoms in total. The first-order chi connectivity index (χ1) is 8.57. The van der Waals surface area contributed by atoms with E-state index in [1.54, 1.807) is 30.3 Å². The number of carbonyl (C=O) groups is 1. The van der Waals surface area contributed by atoms with E-state index in [2.05, 4.69) is 15.9 Å². The molecule has 94 valence electrons. The smallest absolute Gasteiger partial charge is 0.245 e. The number of carbonyl (C=O) groups excluding carboxylic acids is 1. The van der Waals surface area contributed by atoms with E-state index >= 15 is 0 Å². The first-order valence-electron chi connectivity index (χ1n) is 5.47. The topological polar surface area (TPSA) is 26.3 Å². The summed E-state index contributed by atoms with van der Waals surface area (Å²) < 4.78 is 19.4. The average molecular weight is 311 g/mol. The van der Waals surface area contributed by atoms with Gasteiger partial charge in [0.1, 0.15) is 0 Å². The number of ketones is 1. The molecular formula is C14H12BrFO2. The van der Waals surface area contributed by atoms with E-state index in [-0.39, 0.29) is 12.2 Å². The van der Waals surface area contributed by atoms with Gasteiger partial charge in [0.05, 0.1) is 4.48 Å². The summed E-state index contributed by atoms with van der Waals surface area (Å²) >= 11 is 3.11. The van der Waals surface area contributed by atoms with Crippen molar-refractivity contribution >= 4 is 21.7 Å². The summed E-state index contributed by atoms with van der Waals surface area (Å²) in [4.78, 5) is 12.2. The van der Waals surface area contributed by atoms with Crippen LogP contribution in [0.5, 0.6) is 0 Å². The van der Waals surface area contributed by atoms with E-state index in [0.717, 1.165) is 0 Å². The third kappa shape index (κ3) is 2.44. The van der Waals surface area contributed by atoms with Crippen LogP contribution in [-0.2, 0) is 4.74 Å². The molecule has 0 bridgehead atoms. The maximum absolute atomic E-state index is 14.3. The number of rotatable bonds is 3. The number of benzene rings is 1. The summed E-state index contributed by atoms with van der Waals surface area (Å²) in [6.07, 6.45) is 3.05. The molecule has 4 heteroatoms. The number of halogens is 2. The van der Waals surface area contributed by atoms with E-state index in [9.17, 15) is 9.18 Å². The highest BCUT2D eigenvalue weighted by Gasteiger charge is 2.37. The van der Waals surface area contributed by atoms with Crippen LogP contribution < -0.4 is 0 Å². The Bertz CT molecular complexity index is 522. The number of alkyl halides is 1. The van der Waals surface area contributed by atoms with Crippen molar-refractivity contribution in [1.82, 2.24) is 0 Å². The van der Waals surface area contributed by atoms with Gasteiger partial charge in [-0.15, -0.1) is 0 Å². The molecule has 1 aliphatic rings. The lowest BCUT2D eigenvalue weighted by atomic mass is 9.93. The summed E-state index contributed by atoms with van der Waals surface area (Å²) in [5.74, 6) is -2.12. The lowest BCUT2D eigenvalue weighted by molar-refractivity contribution is -0.0810. The zero-order chi connectivity index (χ0) is 13.2. The third-order valence-electron chi connectivity index (χ3n) is 2.86. The molecule has 1 aliphatic carbocycles. The number of hydrogen-bond donors (Lipinski definition) is 0. The van der Waals surface area contributed by atoms with Crippen molar-refractivity contribution in [2.24, 2.45) is 0 Å². The van der Waals surface area contributed by atoms with Crippen LogP contribution in [0, 0.1) is 0 Å². The molecule has 1 unspecified atom stereocenters. The molecule has 1 aromatic carbocycles.